The summed E-state index contributed by atoms with van der Waals surface area (Å²) in [5.41, 5.74) is 1.09. The van der Waals surface area contributed by atoms with Crippen molar-refractivity contribution in [1.29, 1.82) is 0 Å². The molecular weight excluding hydrogens is 497 g/mol. The zero-order valence-electron chi connectivity index (χ0n) is 17.4. The summed E-state index contributed by atoms with van der Waals surface area (Å²) in [5.74, 6) is 2.40. The molecular formula is C20H30IN7O2. The summed E-state index contributed by atoms with van der Waals surface area (Å²) < 4.78 is 7.04. The average molecular weight is 527 g/mol. The van der Waals surface area contributed by atoms with Crippen LogP contribution in [0.15, 0.2) is 35.3 Å². The lowest BCUT2D eigenvalue weighted by atomic mass is 10.1. The molecule has 0 spiro atoms. The van der Waals surface area contributed by atoms with E-state index >= 15 is 0 Å². The Morgan fingerprint density at radius 3 is 2.83 bits per heavy atom. The number of guanidine groups is 1. The van der Waals surface area contributed by atoms with Crippen LogP contribution in [0.25, 0.3) is 0 Å². The molecule has 2 aromatic rings. The highest BCUT2D eigenvalue weighted by atomic mass is 127. The maximum Gasteiger partial charge on any atom is 0.222 e. The van der Waals surface area contributed by atoms with Crippen LogP contribution < -0.4 is 16.0 Å². The Morgan fingerprint density at radius 2 is 2.10 bits per heavy atom. The van der Waals surface area contributed by atoms with Crippen LogP contribution in [0.1, 0.15) is 30.1 Å². The van der Waals surface area contributed by atoms with E-state index in [4.69, 9.17) is 4.74 Å². The summed E-state index contributed by atoms with van der Waals surface area (Å²) in [6, 6.07) is 10.1. The first-order valence-electron chi connectivity index (χ1n) is 9.87. The molecule has 3 N–H and O–H groups in total. The van der Waals surface area contributed by atoms with Crippen LogP contribution in [-0.2, 0) is 35.6 Å². The highest BCUT2D eigenvalue weighted by molar-refractivity contribution is 14.0. The molecule has 1 amide bonds. The maximum atomic E-state index is 12.0. The van der Waals surface area contributed by atoms with Crippen LogP contribution >= 0.6 is 24.0 Å². The third kappa shape index (κ3) is 7.24. The van der Waals surface area contributed by atoms with E-state index in [-0.39, 0.29) is 35.9 Å². The number of rotatable bonds is 8. The minimum absolute atomic E-state index is 0. The van der Waals surface area contributed by atoms with Gasteiger partial charge in [-0.05, 0) is 12.0 Å². The highest BCUT2D eigenvalue weighted by Gasteiger charge is 2.22. The Hall–Kier alpha value is -2.21. The molecule has 1 aliphatic rings. The largest absolute Gasteiger partial charge is 0.377 e. The van der Waals surface area contributed by atoms with Gasteiger partial charge in [-0.1, -0.05) is 30.3 Å². The van der Waals surface area contributed by atoms with E-state index in [1.54, 1.807) is 14.2 Å². The molecule has 0 saturated carbocycles. The molecule has 1 aromatic heterocycles. The lowest BCUT2D eigenvalue weighted by Gasteiger charge is -2.25. The number of nitrogens with zero attached hydrogens (tertiary/aromatic N) is 4. The zero-order valence-corrected chi connectivity index (χ0v) is 19.8. The van der Waals surface area contributed by atoms with E-state index < -0.39 is 0 Å². The summed E-state index contributed by atoms with van der Waals surface area (Å²) in [7, 11) is 3.37. The van der Waals surface area contributed by atoms with Gasteiger partial charge in [0.25, 0.3) is 0 Å². The number of fused-ring (bicyclic) bond motifs is 1. The number of carbonyl (C=O) groups is 1. The number of aliphatic imine (C=N–C) groups is 1. The van der Waals surface area contributed by atoms with E-state index in [0.29, 0.717) is 37.9 Å². The van der Waals surface area contributed by atoms with Crippen molar-refractivity contribution in [3.8, 4) is 0 Å². The van der Waals surface area contributed by atoms with Gasteiger partial charge in [-0.2, -0.15) is 5.10 Å². The van der Waals surface area contributed by atoms with Gasteiger partial charge in [-0.3, -0.25) is 9.79 Å². The predicted molar refractivity (Wildman–Crippen MR) is 126 cm³/mol. The average Bonchev–Trinajstić information content (AvgIpc) is 3.14. The van der Waals surface area contributed by atoms with E-state index in [0.717, 1.165) is 30.8 Å². The summed E-state index contributed by atoms with van der Waals surface area (Å²) >= 11 is 0. The van der Waals surface area contributed by atoms with Gasteiger partial charge >= 0.3 is 0 Å². The molecule has 1 unspecified atom stereocenters. The number of halogens is 1. The third-order valence-corrected chi connectivity index (χ3v) is 4.72. The molecule has 0 fully saturated rings. The fourth-order valence-electron chi connectivity index (χ4n) is 3.24. The first-order chi connectivity index (χ1) is 14.2. The number of amides is 1. The van der Waals surface area contributed by atoms with Crippen LogP contribution in [0.4, 0.5) is 0 Å². The van der Waals surface area contributed by atoms with Crippen LogP contribution in [0.5, 0.6) is 0 Å². The van der Waals surface area contributed by atoms with Crippen molar-refractivity contribution in [1.82, 2.24) is 30.7 Å². The molecule has 3 rings (SSSR count). The van der Waals surface area contributed by atoms with Crippen molar-refractivity contribution >= 4 is 35.8 Å². The molecule has 1 atom stereocenters. The van der Waals surface area contributed by atoms with Gasteiger partial charge in [-0.15, -0.1) is 24.0 Å². The maximum absolute atomic E-state index is 12.0. The van der Waals surface area contributed by atoms with Crippen molar-refractivity contribution in [2.75, 3.05) is 20.7 Å². The molecule has 0 bridgehead atoms. The number of carbonyl (C=O) groups excluding carboxylic acids is 1. The predicted octanol–water partition coefficient (Wildman–Crippen LogP) is 1.23. The number of aromatic nitrogens is 3. The van der Waals surface area contributed by atoms with E-state index in [2.05, 4.69) is 31.0 Å². The lowest BCUT2D eigenvalue weighted by molar-refractivity contribution is -0.121. The fraction of sp³-hybridized carbons (Fsp3) is 0.500. The van der Waals surface area contributed by atoms with E-state index in [1.807, 2.05) is 35.0 Å². The highest BCUT2D eigenvalue weighted by Crippen LogP contribution is 2.13. The Morgan fingerprint density at radius 1 is 1.30 bits per heavy atom. The smallest absolute Gasteiger partial charge is 0.222 e. The molecule has 30 heavy (non-hydrogen) atoms. The first-order valence-corrected chi connectivity index (χ1v) is 9.87. The van der Waals surface area contributed by atoms with Crippen molar-refractivity contribution in [3.63, 3.8) is 0 Å². The monoisotopic (exact) mass is 527 g/mol. The number of ether oxygens (including phenoxy) is 1. The second kappa shape index (κ2) is 12.5. The second-order valence-electron chi connectivity index (χ2n) is 6.95. The van der Waals surface area contributed by atoms with E-state index in [1.165, 1.54) is 0 Å². The molecule has 9 nitrogen and oxygen atoms in total. The van der Waals surface area contributed by atoms with Crippen molar-refractivity contribution in [3.05, 3.63) is 47.5 Å². The second-order valence-corrected chi connectivity index (χ2v) is 6.95. The number of methoxy groups -OCH3 is 1. The lowest BCUT2D eigenvalue weighted by Crippen LogP contribution is -2.47. The first kappa shape index (κ1) is 24.1. The minimum Gasteiger partial charge on any atom is -0.377 e. The Bertz CT molecular complexity index is 826. The molecule has 0 aliphatic carbocycles. The standard InChI is InChI=1S/C20H29N7O2.HI/c1-21-20(22-11-10-19(28)23-12-15-6-4-3-5-7-15)24-16-8-9-18-25-17(14-29-2)26-27(18)13-16;/h3-7,16H,8-14H2,1-2H3,(H,23,28)(H2,21,22,24);1H. The molecule has 10 heteroatoms. The number of benzene rings is 1. The van der Waals surface area contributed by atoms with Gasteiger partial charge in [0.15, 0.2) is 11.8 Å². The van der Waals surface area contributed by atoms with E-state index in [9.17, 15) is 4.79 Å². The summed E-state index contributed by atoms with van der Waals surface area (Å²) in [6.45, 7) is 2.21. The fourth-order valence-corrected chi connectivity index (χ4v) is 3.24. The van der Waals surface area contributed by atoms with Crippen molar-refractivity contribution in [2.45, 2.75) is 45.0 Å². The number of hydrogen-bond donors (Lipinski definition) is 3. The molecule has 1 aromatic carbocycles. The van der Waals surface area contributed by atoms with Crippen molar-refractivity contribution in [2.24, 2.45) is 4.99 Å². The van der Waals surface area contributed by atoms with Crippen LogP contribution in [0.2, 0.25) is 0 Å². The number of nitrogens with one attached hydrogen (secondary N) is 3. The van der Waals surface area contributed by atoms with Crippen LogP contribution in [-0.4, -0.2) is 53.4 Å². The molecule has 0 saturated heterocycles. The SMILES string of the molecule is CN=C(NCCC(=O)NCc1ccccc1)NC1CCc2nc(COC)nn2C1.I. The zero-order chi connectivity index (χ0) is 20.5. The molecule has 1 aliphatic heterocycles. The Kier molecular flexibility index (Phi) is 10.0. The summed E-state index contributed by atoms with van der Waals surface area (Å²) in [6.07, 6.45) is 2.18. The molecule has 2 heterocycles. The van der Waals surface area contributed by atoms with Crippen LogP contribution in [0.3, 0.4) is 0 Å². The Labute approximate surface area is 194 Å². The normalized spacial score (nSPS) is 15.7. The number of aryl methyl sites for hydroxylation is 1. The van der Waals surface area contributed by atoms with Gasteiger partial charge in [0.05, 0.1) is 6.54 Å². The van der Waals surface area contributed by atoms with Gasteiger partial charge < -0.3 is 20.7 Å². The third-order valence-electron chi connectivity index (χ3n) is 4.72. The summed E-state index contributed by atoms with van der Waals surface area (Å²) in [5, 5.41) is 14.0. The Balaban J connectivity index is 0.00000320. The van der Waals surface area contributed by atoms with Gasteiger partial charge in [0, 0.05) is 46.1 Å². The van der Waals surface area contributed by atoms with Gasteiger partial charge in [0.2, 0.25) is 5.91 Å². The molecule has 0 radical (unpaired) electrons. The minimum atomic E-state index is 0. The topological polar surface area (TPSA) is 105 Å². The van der Waals surface area contributed by atoms with Crippen molar-refractivity contribution < 1.29 is 9.53 Å². The van der Waals surface area contributed by atoms with Crippen LogP contribution in [0, 0.1) is 0 Å². The summed E-state index contributed by atoms with van der Waals surface area (Å²) in [4.78, 5) is 20.8. The molecule has 164 valence electrons. The number of hydrogen-bond acceptors (Lipinski definition) is 5. The van der Waals surface area contributed by atoms with Gasteiger partial charge in [-0.25, -0.2) is 9.67 Å². The van der Waals surface area contributed by atoms with Gasteiger partial charge in [0.1, 0.15) is 12.4 Å². The quantitative estimate of drug-likeness (QED) is 0.271.